The van der Waals surface area contributed by atoms with Crippen LogP contribution in [0.25, 0.3) is 0 Å². The Morgan fingerprint density at radius 3 is 1.88 bits per heavy atom. The first-order chi connectivity index (χ1) is 19.8. The molecule has 4 heteroatoms. The summed E-state index contributed by atoms with van der Waals surface area (Å²) in [4.78, 5) is 25.9. The van der Waals surface area contributed by atoms with Gasteiger partial charge in [0, 0.05) is 23.7 Å². The first kappa shape index (κ1) is 28.2. The highest BCUT2D eigenvalue weighted by Crippen LogP contribution is 2.70. The third kappa shape index (κ3) is 3.44. The summed E-state index contributed by atoms with van der Waals surface area (Å²) in [6, 6.07) is 0. The van der Waals surface area contributed by atoms with E-state index in [9.17, 15) is 19.8 Å². The summed E-state index contributed by atoms with van der Waals surface area (Å²) in [5.41, 5.74) is 1.80. The number of allylic oxidation sites excluding steroid dienone is 2. The average molecular weight is 575 g/mol. The molecule has 6 saturated carbocycles. The van der Waals surface area contributed by atoms with Gasteiger partial charge in [-0.25, -0.2) is 0 Å². The van der Waals surface area contributed by atoms with Crippen molar-refractivity contribution >= 4 is 11.6 Å². The summed E-state index contributed by atoms with van der Waals surface area (Å²) in [5.74, 6) is 4.24. The number of carbonyl (C=O) groups excluding carboxylic acids is 2. The molecule has 42 heavy (non-hydrogen) atoms. The van der Waals surface area contributed by atoms with Crippen molar-refractivity contribution in [3.8, 4) is 0 Å². The van der Waals surface area contributed by atoms with E-state index in [4.69, 9.17) is 0 Å². The van der Waals surface area contributed by atoms with Crippen molar-refractivity contribution in [3.05, 3.63) is 23.3 Å². The van der Waals surface area contributed by atoms with Gasteiger partial charge in [0.15, 0.2) is 0 Å². The smallest absolute Gasteiger partial charge is 0.139 e. The fourth-order valence-electron chi connectivity index (χ4n) is 14.0. The maximum Gasteiger partial charge on any atom is 0.139 e. The van der Waals surface area contributed by atoms with E-state index in [0.717, 1.165) is 89.9 Å². The van der Waals surface area contributed by atoms with Gasteiger partial charge in [-0.2, -0.15) is 0 Å². The van der Waals surface area contributed by atoms with Crippen molar-refractivity contribution in [2.24, 2.45) is 63.1 Å². The first-order valence-electron chi connectivity index (χ1n) is 17.7. The van der Waals surface area contributed by atoms with E-state index >= 15 is 0 Å². The fourth-order valence-corrected chi connectivity index (χ4v) is 14.0. The third-order valence-electron chi connectivity index (χ3n) is 16.5. The van der Waals surface area contributed by atoms with Crippen LogP contribution in [-0.2, 0) is 9.59 Å². The molecular weight excluding hydrogens is 520 g/mol. The highest BCUT2D eigenvalue weighted by molar-refractivity contribution is 5.87. The molecule has 2 N–H and O–H groups in total. The lowest BCUT2D eigenvalue weighted by Crippen LogP contribution is -2.61. The zero-order valence-corrected chi connectivity index (χ0v) is 26.6. The molecule has 0 aliphatic heterocycles. The Morgan fingerprint density at radius 2 is 1.24 bits per heavy atom. The Hall–Kier alpha value is -1.26. The van der Waals surface area contributed by atoms with Crippen LogP contribution in [0.1, 0.15) is 124 Å². The van der Waals surface area contributed by atoms with Crippen LogP contribution in [-0.4, -0.2) is 33.5 Å². The zero-order chi connectivity index (χ0) is 29.4. The summed E-state index contributed by atoms with van der Waals surface area (Å²) in [7, 11) is 0. The van der Waals surface area contributed by atoms with Gasteiger partial charge in [0.05, 0.1) is 11.7 Å². The van der Waals surface area contributed by atoms with Gasteiger partial charge in [-0.05, 0) is 136 Å². The number of aliphatic hydroxyl groups excluding tert-OH is 1. The third-order valence-corrected chi connectivity index (χ3v) is 16.5. The Balaban J connectivity index is 1.12. The zero-order valence-electron chi connectivity index (χ0n) is 26.6. The van der Waals surface area contributed by atoms with Gasteiger partial charge in [-0.3, -0.25) is 9.59 Å². The van der Waals surface area contributed by atoms with E-state index in [-0.39, 0.29) is 33.7 Å². The molecule has 0 heterocycles. The number of rotatable bonds is 1. The van der Waals surface area contributed by atoms with E-state index in [0.29, 0.717) is 53.5 Å². The first-order valence-corrected chi connectivity index (χ1v) is 17.7. The maximum atomic E-state index is 13.0. The van der Waals surface area contributed by atoms with Crippen LogP contribution in [0.2, 0.25) is 0 Å². The molecule has 6 fully saturated rings. The van der Waals surface area contributed by atoms with E-state index < -0.39 is 5.60 Å². The largest absolute Gasteiger partial charge is 0.393 e. The lowest BCUT2D eigenvalue weighted by molar-refractivity contribution is -0.161. The SMILES string of the molecule is C[C@]12CC[C@@](O)(C3CC(O)CC4=CC[C@@H]5[C@@H](CC[C@]6(C)C(=O)CC[C@@H]56)[C@]43C)CC1=CC[C@@H]1[C@@H]2CC[C@]2(C)C(=O)CC[C@@H]12. The molecule has 0 spiro atoms. The number of aliphatic hydroxyl groups is 2. The van der Waals surface area contributed by atoms with Gasteiger partial charge in [-0.15, -0.1) is 0 Å². The lowest BCUT2D eigenvalue weighted by atomic mass is 9.41. The van der Waals surface area contributed by atoms with E-state index in [2.05, 4.69) is 39.8 Å². The van der Waals surface area contributed by atoms with Crippen LogP contribution in [0, 0.1) is 63.1 Å². The molecular formula is C38H54O4. The van der Waals surface area contributed by atoms with E-state index in [1.165, 1.54) is 11.1 Å². The van der Waals surface area contributed by atoms with Crippen LogP contribution in [0.5, 0.6) is 0 Å². The monoisotopic (exact) mass is 574 g/mol. The Bertz CT molecular complexity index is 1280. The Labute approximate surface area is 253 Å². The molecule has 0 aromatic heterocycles. The number of Topliss-reactive ketones (excluding diaryl/α,β-unsaturated/α-hetero) is 2. The van der Waals surface area contributed by atoms with Crippen molar-refractivity contribution in [1.82, 2.24) is 0 Å². The standard InChI is InChI=1S/C38H54O4/c1-34-17-18-38(42,21-23(34)6-8-25-27-9-11-32(40)35(27,2)15-13-29(25)34)31-20-24(39)19-22-5-7-26-28-10-12-33(41)36(28,3)16-14-30(26)37(22,31)4/h5-6,24-31,39,42H,7-21H2,1-4H3/t24?,25-,26-,27-,28-,29-,30+,31?,34-,35-,36-,37-,38-/m0/s1. The molecule has 0 saturated heterocycles. The number of carbonyl (C=O) groups is 2. The van der Waals surface area contributed by atoms with Gasteiger partial charge < -0.3 is 10.2 Å². The van der Waals surface area contributed by atoms with E-state index in [1.807, 2.05) is 0 Å². The predicted molar refractivity (Wildman–Crippen MR) is 163 cm³/mol. The second kappa shape index (κ2) is 8.93. The topological polar surface area (TPSA) is 74.6 Å². The van der Waals surface area contributed by atoms with Gasteiger partial charge in [0.25, 0.3) is 0 Å². The molecule has 0 amide bonds. The summed E-state index contributed by atoms with van der Waals surface area (Å²) in [6.07, 6.45) is 18.5. The molecule has 230 valence electrons. The van der Waals surface area contributed by atoms with Crippen molar-refractivity contribution < 1.29 is 19.8 Å². The van der Waals surface area contributed by atoms with Crippen LogP contribution in [0.3, 0.4) is 0 Å². The molecule has 8 aliphatic carbocycles. The van der Waals surface area contributed by atoms with Crippen molar-refractivity contribution in [3.63, 3.8) is 0 Å². The van der Waals surface area contributed by atoms with Crippen LogP contribution in [0.4, 0.5) is 0 Å². The van der Waals surface area contributed by atoms with Gasteiger partial charge >= 0.3 is 0 Å². The highest BCUT2D eigenvalue weighted by atomic mass is 16.3. The quantitative estimate of drug-likeness (QED) is 0.321. The number of ketones is 2. The summed E-state index contributed by atoms with van der Waals surface area (Å²) >= 11 is 0. The second-order valence-corrected chi connectivity index (χ2v) is 17.6. The van der Waals surface area contributed by atoms with Crippen molar-refractivity contribution in [1.29, 1.82) is 0 Å². The van der Waals surface area contributed by atoms with Crippen molar-refractivity contribution in [2.75, 3.05) is 0 Å². The Kier molecular flexibility index (Phi) is 6.00. The maximum absolute atomic E-state index is 13.0. The summed E-state index contributed by atoms with van der Waals surface area (Å²) < 4.78 is 0. The fraction of sp³-hybridized carbons (Fsp3) is 0.842. The average Bonchev–Trinajstić information content (AvgIpc) is 3.43. The van der Waals surface area contributed by atoms with Gasteiger partial charge in [-0.1, -0.05) is 51.0 Å². The van der Waals surface area contributed by atoms with E-state index in [1.54, 1.807) is 0 Å². The molecule has 0 aromatic carbocycles. The molecule has 0 radical (unpaired) electrons. The molecule has 0 aromatic rings. The highest BCUT2D eigenvalue weighted by Gasteiger charge is 2.65. The van der Waals surface area contributed by atoms with Gasteiger partial charge in [0.1, 0.15) is 11.6 Å². The molecule has 8 rings (SSSR count). The second-order valence-electron chi connectivity index (χ2n) is 17.6. The van der Waals surface area contributed by atoms with Crippen LogP contribution >= 0.6 is 0 Å². The normalized spacial score (nSPS) is 56.7. The number of hydrogen-bond acceptors (Lipinski definition) is 4. The molecule has 8 aliphatic rings. The Morgan fingerprint density at radius 1 is 0.690 bits per heavy atom. The van der Waals surface area contributed by atoms with Crippen LogP contribution < -0.4 is 0 Å². The molecule has 4 nitrogen and oxygen atoms in total. The summed E-state index contributed by atoms with van der Waals surface area (Å²) in [6.45, 7) is 9.47. The van der Waals surface area contributed by atoms with Crippen molar-refractivity contribution in [2.45, 2.75) is 136 Å². The van der Waals surface area contributed by atoms with Gasteiger partial charge in [0.2, 0.25) is 0 Å². The lowest BCUT2D eigenvalue weighted by Gasteiger charge is -2.64. The predicted octanol–water partition coefficient (Wildman–Crippen LogP) is 7.37. The minimum absolute atomic E-state index is 0.0412. The molecule has 13 atom stereocenters. The minimum Gasteiger partial charge on any atom is -0.393 e. The summed E-state index contributed by atoms with van der Waals surface area (Å²) in [5, 5.41) is 24.1. The molecule has 0 bridgehead atoms. The number of fused-ring (bicyclic) bond motifs is 10. The van der Waals surface area contributed by atoms with Crippen LogP contribution in [0.15, 0.2) is 23.3 Å². The minimum atomic E-state index is -0.811. The number of hydrogen-bond donors (Lipinski definition) is 2. The molecule has 2 unspecified atom stereocenters.